The van der Waals surface area contributed by atoms with E-state index in [9.17, 15) is 0 Å². The zero-order chi connectivity index (χ0) is 12.1. The van der Waals surface area contributed by atoms with Gasteiger partial charge in [-0.3, -0.25) is 0 Å². The van der Waals surface area contributed by atoms with E-state index < -0.39 is 0 Å². The molecule has 1 heteroatoms. The van der Waals surface area contributed by atoms with E-state index in [0.29, 0.717) is 11.8 Å². The van der Waals surface area contributed by atoms with Gasteiger partial charge in [0.05, 0.1) is 6.61 Å². The molecule has 0 aliphatic rings. The molecule has 1 unspecified atom stereocenters. The highest BCUT2D eigenvalue weighted by Crippen LogP contribution is 2.24. The third-order valence-electron chi connectivity index (χ3n) is 3.22. The van der Waals surface area contributed by atoms with Gasteiger partial charge in [0.1, 0.15) is 0 Å². The molecule has 16 heavy (non-hydrogen) atoms. The molecular weight excluding hydrogens is 196 g/mol. The highest BCUT2D eigenvalue weighted by atomic mass is 16.5. The number of hydrogen-bond acceptors (Lipinski definition) is 1. The molecule has 0 fully saturated rings. The lowest BCUT2D eigenvalue weighted by molar-refractivity contribution is 0.184. The van der Waals surface area contributed by atoms with Crippen molar-refractivity contribution in [1.29, 1.82) is 0 Å². The molecule has 0 aromatic heterocycles. The van der Waals surface area contributed by atoms with Gasteiger partial charge in [0.2, 0.25) is 0 Å². The summed E-state index contributed by atoms with van der Waals surface area (Å²) >= 11 is 0. The molecule has 0 saturated heterocycles. The van der Waals surface area contributed by atoms with Crippen LogP contribution in [0.4, 0.5) is 0 Å². The summed E-state index contributed by atoms with van der Waals surface area (Å²) in [5.74, 6) is 2.53. The quantitative estimate of drug-likeness (QED) is 0.726. The van der Waals surface area contributed by atoms with Crippen molar-refractivity contribution in [2.24, 2.45) is 5.92 Å². The van der Waals surface area contributed by atoms with E-state index in [4.69, 9.17) is 4.74 Å². The van der Waals surface area contributed by atoms with Gasteiger partial charge < -0.3 is 4.74 Å². The molecule has 1 aromatic rings. The summed E-state index contributed by atoms with van der Waals surface area (Å²) in [5, 5.41) is 0. The van der Waals surface area contributed by atoms with Gasteiger partial charge in [0, 0.05) is 18.9 Å². The predicted octanol–water partition coefficient (Wildman–Crippen LogP) is 4.03. The van der Waals surface area contributed by atoms with Crippen molar-refractivity contribution in [3.8, 4) is 0 Å². The smallest absolute Gasteiger partial charge is 0.0528 e. The van der Waals surface area contributed by atoms with Crippen molar-refractivity contribution >= 4 is 0 Å². The maximum Gasteiger partial charge on any atom is 0.0528 e. The molecule has 0 N–H and O–H groups in total. The molecule has 89 valence electrons. The van der Waals surface area contributed by atoms with E-state index in [-0.39, 0.29) is 0 Å². The summed E-state index contributed by atoms with van der Waals surface area (Å²) in [4.78, 5) is 0. The molecule has 1 radical (unpaired) electrons. The van der Waals surface area contributed by atoms with Crippen molar-refractivity contribution in [3.63, 3.8) is 0 Å². The van der Waals surface area contributed by atoms with Crippen LogP contribution in [0.1, 0.15) is 44.7 Å². The normalized spacial score (nSPS) is 13.4. The first-order valence-electron chi connectivity index (χ1n) is 5.99. The molecule has 0 heterocycles. The molecule has 0 bridgehead atoms. The maximum absolute atomic E-state index is 5.17. The van der Waals surface area contributed by atoms with E-state index in [1.807, 2.05) is 0 Å². The number of hydrogen-bond donors (Lipinski definition) is 0. The SMILES string of the molecule is COCC(C)c1ccc([C](C)C(C)C)cc1. The van der Waals surface area contributed by atoms with Gasteiger partial charge in [-0.05, 0) is 17.0 Å². The lowest BCUT2D eigenvalue weighted by atomic mass is 9.89. The second-order valence-corrected chi connectivity index (χ2v) is 4.82. The first kappa shape index (κ1) is 13.2. The summed E-state index contributed by atoms with van der Waals surface area (Å²) in [6.07, 6.45) is 0. The van der Waals surface area contributed by atoms with Crippen molar-refractivity contribution in [2.45, 2.75) is 33.6 Å². The monoisotopic (exact) mass is 219 g/mol. The van der Waals surface area contributed by atoms with E-state index in [2.05, 4.69) is 52.0 Å². The van der Waals surface area contributed by atoms with Crippen LogP contribution in [0.25, 0.3) is 0 Å². The summed E-state index contributed by atoms with van der Waals surface area (Å²) in [6.45, 7) is 9.65. The predicted molar refractivity (Wildman–Crippen MR) is 69.6 cm³/mol. The average Bonchev–Trinajstić information content (AvgIpc) is 2.28. The van der Waals surface area contributed by atoms with Gasteiger partial charge in [0.15, 0.2) is 0 Å². The molecule has 0 aliphatic carbocycles. The number of methoxy groups -OCH3 is 1. The Hall–Kier alpha value is -0.820. The first-order valence-corrected chi connectivity index (χ1v) is 5.99. The summed E-state index contributed by atoms with van der Waals surface area (Å²) in [6, 6.07) is 8.86. The van der Waals surface area contributed by atoms with Crippen LogP contribution in [-0.4, -0.2) is 13.7 Å². The lowest BCUT2D eigenvalue weighted by Crippen LogP contribution is -2.05. The van der Waals surface area contributed by atoms with Crippen molar-refractivity contribution in [3.05, 3.63) is 41.3 Å². The van der Waals surface area contributed by atoms with Crippen LogP contribution in [0.15, 0.2) is 24.3 Å². The number of benzene rings is 1. The highest BCUT2D eigenvalue weighted by molar-refractivity contribution is 5.34. The van der Waals surface area contributed by atoms with Crippen LogP contribution >= 0.6 is 0 Å². The standard InChI is InChI=1S/C15H23O/c1-11(2)13(4)15-8-6-14(7-9-15)12(3)10-16-5/h6-9,11-12H,10H2,1-5H3. The van der Waals surface area contributed by atoms with Crippen LogP contribution < -0.4 is 0 Å². The molecule has 1 aromatic carbocycles. The minimum absolute atomic E-state index is 0.471. The fraction of sp³-hybridized carbons (Fsp3) is 0.533. The Morgan fingerprint density at radius 2 is 1.69 bits per heavy atom. The van der Waals surface area contributed by atoms with Crippen molar-refractivity contribution in [1.82, 2.24) is 0 Å². The average molecular weight is 219 g/mol. The van der Waals surface area contributed by atoms with Gasteiger partial charge in [-0.2, -0.15) is 0 Å². The minimum atomic E-state index is 0.471. The van der Waals surface area contributed by atoms with Crippen LogP contribution in [0.5, 0.6) is 0 Å². The van der Waals surface area contributed by atoms with Gasteiger partial charge in [-0.1, -0.05) is 52.0 Å². The highest BCUT2D eigenvalue weighted by Gasteiger charge is 2.11. The lowest BCUT2D eigenvalue weighted by Gasteiger charge is -2.17. The Morgan fingerprint density at radius 3 is 2.12 bits per heavy atom. The summed E-state index contributed by atoms with van der Waals surface area (Å²) in [7, 11) is 1.75. The third kappa shape index (κ3) is 3.34. The Labute approximate surface area is 99.8 Å². The molecule has 0 amide bonds. The largest absolute Gasteiger partial charge is 0.384 e. The summed E-state index contributed by atoms with van der Waals surface area (Å²) in [5.41, 5.74) is 2.70. The molecule has 1 atom stereocenters. The number of rotatable bonds is 5. The number of ether oxygens (including phenoxy) is 1. The molecule has 1 rings (SSSR count). The zero-order valence-electron chi connectivity index (χ0n) is 11.1. The third-order valence-corrected chi connectivity index (χ3v) is 3.22. The molecule has 0 aliphatic heterocycles. The van der Waals surface area contributed by atoms with Crippen molar-refractivity contribution < 1.29 is 4.74 Å². The summed E-state index contributed by atoms with van der Waals surface area (Å²) < 4.78 is 5.17. The van der Waals surface area contributed by atoms with Gasteiger partial charge in [-0.25, -0.2) is 0 Å². The van der Waals surface area contributed by atoms with E-state index in [0.717, 1.165) is 6.61 Å². The molecule has 0 saturated carbocycles. The van der Waals surface area contributed by atoms with E-state index >= 15 is 0 Å². The fourth-order valence-corrected chi connectivity index (χ4v) is 1.75. The Morgan fingerprint density at radius 1 is 1.12 bits per heavy atom. The topological polar surface area (TPSA) is 9.23 Å². The fourth-order valence-electron chi connectivity index (χ4n) is 1.75. The van der Waals surface area contributed by atoms with Crippen LogP contribution in [0.2, 0.25) is 0 Å². The molecular formula is C15H23O. The van der Waals surface area contributed by atoms with E-state index in [1.54, 1.807) is 7.11 Å². The van der Waals surface area contributed by atoms with Gasteiger partial charge >= 0.3 is 0 Å². The molecule has 0 spiro atoms. The molecule has 1 nitrogen and oxygen atoms in total. The maximum atomic E-state index is 5.17. The van der Waals surface area contributed by atoms with Crippen LogP contribution in [-0.2, 0) is 4.74 Å². The van der Waals surface area contributed by atoms with Crippen LogP contribution in [0.3, 0.4) is 0 Å². The zero-order valence-corrected chi connectivity index (χ0v) is 11.1. The Kier molecular flexibility index (Phi) is 5.01. The van der Waals surface area contributed by atoms with E-state index in [1.165, 1.54) is 17.0 Å². The van der Waals surface area contributed by atoms with Crippen LogP contribution in [0, 0.1) is 11.8 Å². The van der Waals surface area contributed by atoms with Crippen molar-refractivity contribution in [2.75, 3.05) is 13.7 Å². The Balaban J connectivity index is 2.74. The second-order valence-electron chi connectivity index (χ2n) is 4.82. The minimum Gasteiger partial charge on any atom is -0.384 e. The van der Waals surface area contributed by atoms with Gasteiger partial charge in [0.25, 0.3) is 0 Å². The first-order chi connectivity index (χ1) is 7.56. The van der Waals surface area contributed by atoms with Gasteiger partial charge in [-0.15, -0.1) is 0 Å². The Bertz CT molecular complexity index is 300. The second kappa shape index (κ2) is 6.05.